The smallest absolute Gasteiger partial charge is 0.249 e. The normalized spacial score (nSPS) is 21.3. The van der Waals surface area contributed by atoms with E-state index in [1.165, 1.54) is 0 Å². The van der Waals surface area contributed by atoms with Gasteiger partial charge in [0.15, 0.2) is 0 Å². The fourth-order valence-corrected chi connectivity index (χ4v) is 2.13. The second-order valence-electron chi connectivity index (χ2n) is 4.51. The highest BCUT2D eigenvalue weighted by Crippen LogP contribution is 2.16. The van der Waals surface area contributed by atoms with Gasteiger partial charge in [-0.2, -0.15) is 0 Å². The van der Waals surface area contributed by atoms with E-state index < -0.39 is 0 Å². The zero-order valence-electron chi connectivity index (χ0n) is 10.3. The second-order valence-corrected chi connectivity index (χ2v) is 4.51. The van der Waals surface area contributed by atoms with Crippen molar-refractivity contribution in [3.05, 3.63) is 35.9 Å². The summed E-state index contributed by atoms with van der Waals surface area (Å²) in [6.07, 6.45) is 2.44. The first kappa shape index (κ1) is 13.1. The summed E-state index contributed by atoms with van der Waals surface area (Å²) in [6.45, 7) is 0.537. The van der Waals surface area contributed by atoms with Gasteiger partial charge in [-0.15, -0.1) is 0 Å². The molecule has 98 valence electrons. The van der Waals surface area contributed by atoms with Gasteiger partial charge in [-0.25, -0.2) is 0 Å². The molecule has 4 heteroatoms. The minimum absolute atomic E-state index is 0.109. The first-order valence-corrected chi connectivity index (χ1v) is 6.39. The largest absolute Gasteiger partial charge is 0.394 e. The number of amides is 1. The predicted molar refractivity (Wildman–Crippen MR) is 68.0 cm³/mol. The highest BCUT2D eigenvalue weighted by molar-refractivity contribution is 5.81. The molecule has 1 amide bonds. The topological polar surface area (TPSA) is 58.6 Å². The van der Waals surface area contributed by atoms with Gasteiger partial charge >= 0.3 is 0 Å². The molecule has 0 radical (unpaired) electrons. The van der Waals surface area contributed by atoms with E-state index in [9.17, 15) is 9.90 Å². The van der Waals surface area contributed by atoms with Crippen molar-refractivity contribution in [2.45, 2.75) is 31.4 Å². The van der Waals surface area contributed by atoms with Gasteiger partial charge in [0.2, 0.25) is 5.91 Å². The third-order valence-corrected chi connectivity index (χ3v) is 3.17. The summed E-state index contributed by atoms with van der Waals surface area (Å²) < 4.78 is 5.43. The molecule has 2 atom stereocenters. The van der Waals surface area contributed by atoms with Crippen molar-refractivity contribution in [3.63, 3.8) is 0 Å². The van der Waals surface area contributed by atoms with Gasteiger partial charge in [0.05, 0.1) is 12.6 Å². The van der Waals surface area contributed by atoms with Crippen LogP contribution in [0.3, 0.4) is 0 Å². The minimum Gasteiger partial charge on any atom is -0.394 e. The molecule has 1 aliphatic heterocycles. The summed E-state index contributed by atoms with van der Waals surface area (Å²) in [5.74, 6) is -0.127. The molecule has 1 aliphatic rings. The maximum Gasteiger partial charge on any atom is 0.249 e. The number of benzene rings is 1. The number of ether oxygens (including phenoxy) is 1. The zero-order valence-corrected chi connectivity index (χ0v) is 10.3. The van der Waals surface area contributed by atoms with E-state index in [-0.39, 0.29) is 24.7 Å². The van der Waals surface area contributed by atoms with Crippen molar-refractivity contribution < 1.29 is 14.6 Å². The van der Waals surface area contributed by atoms with Crippen LogP contribution in [0.4, 0.5) is 0 Å². The zero-order chi connectivity index (χ0) is 12.8. The van der Waals surface area contributed by atoms with Gasteiger partial charge in [-0.05, 0) is 24.8 Å². The average molecular weight is 249 g/mol. The highest BCUT2D eigenvalue weighted by Gasteiger charge is 2.24. The Morgan fingerprint density at radius 2 is 2.17 bits per heavy atom. The van der Waals surface area contributed by atoms with Crippen molar-refractivity contribution in [1.82, 2.24) is 5.32 Å². The second kappa shape index (κ2) is 6.52. The Balaban J connectivity index is 1.95. The molecule has 1 heterocycles. The van der Waals surface area contributed by atoms with Crippen LogP contribution in [0.1, 0.15) is 30.9 Å². The number of aliphatic hydroxyl groups is 1. The van der Waals surface area contributed by atoms with Crippen LogP contribution in [0.5, 0.6) is 0 Å². The molecule has 0 aromatic heterocycles. The quantitative estimate of drug-likeness (QED) is 0.848. The lowest BCUT2D eigenvalue weighted by atomic mass is 10.1. The summed E-state index contributed by atoms with van der Waals surface area (Å²) >= 11 is 0. The van der Waals surface area contributed by atoms with Gasteiger partial charge in [0.1, 0.15) is 6.10 Å². The molecule has 0 aliphatic carbocycles. The van der Waals surface area contributed by atoms with E-state index in [0.717, 1.165) is 24.8 Å². The Labute approximate surface area is 107 Å². The van der Waals surface area contributed by atoms with E-state index in [2.05, 4.69) is 5.32 Å². The van der Waals surface area contributed by atoms with Gasteiger partial charge in [0, 0.05) is 6.61 Å². The fraction of sp³-hybridized carbons (Fsp3) is 0.500. The number of carbonyl (C=O) groups excluding carboxylic acids is 1. The van der Waals surface area contributed by atoms with Gasteiger partial charge in [-0.3, -0.25) is 4.79 Å². The summed E-state index contributed by atoms with van der Waals surface area (Å²) in [4.78, 5) is 12.0. The van der Waals surface area contributed by atoms with Crippen LogP contribution in [-0.2, 0) is 9.53 Å². The first-order valence-electron chi connectivity index (χ1n) is 6.39. The summed E-state index contributed by atoms with van der Waals surface area (Å²) in [6, 6.07) is 9.11. The van der Waals surface area contributed by atoms with Crippen molar-refractivity contribution in [2.24, 2.45) is 0 Å². The number of hydrogen-bond donors (Lipinski definition) is 2. The van der Waals surface area contributed by atoms with Crippen LogP contribution in [0.15, 0.2) is 30.3 Å². The van der Waals surface area contributed by atoms with Crippen molar-refractivity contribution in [2.75, 3.05) is 13.2 Å². The molecular weight excluding hydrogens is 230 g/mol. The van der Waals surface area contributed by atoms with Crippen LogP contribution >= 0.6 is 0 Å². The molecule has 1 saturated heterocycles. The van der Waals surface area contributed by atoms with E-state index in [4.69, 9.17) is 4.74 Å². The molecule has 2 N–H and O–H groups in total. The lowest BCUT2D eigenvalue weighted by Gasteiger charge is -2.24. The number of rotatable bonds is 4. The summed E-state index contributed by atoms with van der Waals surface area (Å²) in [5.41, 5.74) is 0.907. The summed E-state index contributed by atoms with van der Waals surface area (Å²) in [7, 11) is 0. The molecule has 0 bridgehead atoms. The van der Waals surface area contributed by atoms with Crippen LogP contribution in [0, 0.1) is 0 Å². The Kier molecular flexibility index (Phi) is 4.73. The summed E-state index contributed by atoms with van der Waals surface area (Å²) in [5, 5.41) is 12.2. The lowest BCUT2D eigenvalue weighted by Crippen LogP contribution is -2.41. The highest BCUT2D eigenvalue weighted by atomic mass is 16.5. The maximum atomic E-state index is 12.0. The predicted octanol–water partition coefficient (Wildman–Crippen LogP) is 1.41. The third kappa shape index (κ3) is 3.31. The number of hydrogen-bond acceptors (Lipinski definition) is 3. The molecule has 18 heavy (non-hydrogen) atoms. The van der Waals surface area contributed by atoms with E-state index in [0.29, 0.717) is 6.61 Å². The van der Waals surface area contributed by atoms with E-state index in [1.807, 2.05) is 30.3 Å². The van der Waals surface area contributed by atoms with Crippen LogP contribution in [0.2, 0.25) is 0 Å². The molecule has 2 rings (SSSR count). The van der Waals surface area contributed by atoms with Crippen molar-refractivity contribution in [3.8, 4) is 0 Å². The van der Waals surface area contributed by atoms with Crippen LogP contribution < -0.4 is 5.32 Å². The Bertz CT molecular complexity index is 374. The molecule has 0 spiro atoms. The third-order valence-electron chi connectivity index (χ3n) is 3.17. The Morgan fingerprint density at radius 3 is 2.78 bits per heavy atom. The molecular formula is C14H19NO3. The molecule has 1 aromatic carbocycles. The van der Waals surface area contributed by atoms with Gasteiger partial charge in [-0.1, -0.05) is 30.3 Å². The Hall–Kier alpha value is -1.39. The van der Waals surface area contributed by atoms with Crippen molar-refractivity contribution in [1.29, 1.82) is 0 Å². The lowest BCUT2D eigenvalue weighted by molar-refractivity contribution is -0.136. The standard InChI is InChI=1S/C14H19NO3/c16-10-12(11-6-2-1-3-7-11)15-14(17)13-8-4-5-9-18-13/h1-3,6-7,12-13,16H,4-5,8-10H2,(H,15,17). The molecule has 0 saturated carbocycles. The Morgan fingerprint density at radius 1 is 1.39 bits per heavy atom. The van der Waals surface area contributed by atoms with Gasteiger partial charge in [0.25, 0.3) is 0 Å². The minimum atomic E-state index is -0.364. The maximum absolute atomic E-state index is 12.0. The number of carbonyl (C=O) groups is 1. The average Bonchev–Trinajstić information content (AvgIpc) is 2.46. The monoisotopic (exact) mass is 249 g/mol. The number of aliphatic hydroxyl groups excluding tert-OH is 1. The van der Waals surface area contributed by atoms with E-state index >= 15 is 0 Å². The molecule has 1 aromatic rings. The molecule has 1 fully saturated rings. The number of nitrogens with one attached hydrogen (secondary N) is 1. The fourth-order valence-electron chi connectivity index (χ4n) is 2.13. The van der Waals surface area contributed by atoms with Crippen LogP contribution in [0.25, 0.3) is 0 Å². The van der Waals surface area contributed by atoms with Crippen LogP contribution in [-0.4, -0.2) is 30.3 Å². The van der Waals surface area contributed by atoms with Crippen molar-refractivity contribution >= 4 is 5.91 Å². The van der Waals surface area contributed by atoms with Gasteiger partial charge < -0.3 is 15.2 Å². The molecule has 4 nitrogen and oxygen atoms in total. The van der Waals surface area contributed by atoms with E-state index in [1.54, 1.807) is 0 Å². The molecule has 2 unspecified atom stereocenters. The SMILES string of the molecule is O=C(NC(CO)c1ccccc1)C1CCCCO1. The first-order chi connectivity index (χ1) is 8.81.